The largest absolute Gasteiger partial charge is 0.512 e. The van der Waals surface area contributed by atoms with Crippen LogP contribution in [0.3, 0.4) is 0 Å². The van der Waals surface area contributed by atoms with Crippen molar-refractivity contribution in [3.05, 3.63) is 53.7 Å². The molecular weight excluding hydrogens is 466 g/mol. The first kappa shape index (κ1) is 26.8. The van der Waals surface area contributed by atoms with Crippen molar-refractivity contribution in [2.45, 2.75) is 83.3 Å². The first-order valence-corrected chi connectivity index (χ1v) is 13.6. The molecule has 9 heteroatoms. The number of rotatable bonds is 9. The number of aliphatic hydroxyl groups excluding tert-OH is 1. The van der Waals surface area contributed by atoms with Crippen LogP contribution in [0.2, 0.25) is 0 Å². The smallest absolute Gasteiger partial charge is 0.338 e. The molecule has 0 saturated heterocycles. The third-order valence-electron chi connectivity index (χ3n) is 6.32. The third kappa shape index (κ3) is 5.89. The van der Waals surface area contributed by atoms with E-state index in [1.54, 1.807) is 29.8 Å². The van der Waals surface area contributed by atoms with Gasteiger partial charge < -0.3 is 14.4 Å². The zero-order chi connectivity index (χ0) is 26.0. The molecular formula is C26H37N3O5S. The molecule has 2 N–H and O–H groups in total. The number of hydrogen-bond donors (Lipinski definition) is 2. The zero-order valence-electron chi connectivity index (χ0n) is 21.5. The van der Waals surface area contributed by atoms with Gasteiger partial charge in [-0.05, 0) is 36.0 Å². The van der Waals surface area contributed by atoms with E-state index in [2.05, 4.69) is 9.71 Å². The quantitative estimate of drug-likeness (QED) is 0.440. The summed E-state index contributed by atoms with van der Waals surface area (Å²) in [5.74, 6) is -0.951. The van der Waals surface area contributed by atoms with Crippen molar-refractivity contribution in [3.8, 4) is 0 Å². The molecule has 0 saturated carbocycles. The zero-order valence-corrected chi connectivity index (χ0v) is 22.3. The van der Waals surface area contributed by atoms with Gasteiger partial charge in [-0.2, -0.15) is 8.42 Å². The minimum Gasteiger partial charge on any atom is -0.512 e. The number of carbonyl (C=O) groups is 1. The van der Waals surface area contributed by atoms with Crippen molar-refractivity contribution < 1.29 is 23.1 Å². The van der Waals surface area contributed by atoms with Gasteiger partial charge in [0.25, 0.3) is 10.0 Å². The van der Waals surface area contributed by atoms with Crippen LogP contribution in [0, 0.1) is 5.41 Å². The molecule has 1 aliphatic heterocycles. The number of benzene rings is 1. The third-order valence-corrected chi connectivity index (χ3v) is 7.59. The van der Waals surface area contributed by atoms with Crippen LogP contribution in [0.15, 0.2) is 53.1 Å². The summed E-state index contributed by atoms with van der Waals surface area (Å²) in [6, 6.07) is 6.91. The lowest BCUT2D eigenvalue weighted by Gasteiger charge is -2.41. The molecule has 3 rings (SSSR count). The maximum Gasteiger partial charge on any atom is 0.338 e. The average Bonchev–Trinajstić information content (AvgIpc) is 3.17. The second-order valence-electron chi connectivity index (χ2n) is 10.5. The Morgan fingerprint density at radius 2 is 1.89 bits per heavy atom. The highest BCUT2D eigenvalue weighted by atomic mass is 32.2. The van der Waals surface area contributed by atoms with Crippen molar-refractivity contribution in [1.29, 1.82) is 0 Å². The minimum absolute atomic E-state index is 0.0579. The van der Waals surface area contributed by atoms with E-state index >= 15 is 0 Å². The fourth-order valence-corrected chi connectivity index (χ4v) is 6.05. The van der Waals surface area contributed by atoms with E-state index in [-0.39, 0.29) is 22.8 Å². The van der Waals surface area contributed by atoms with E-state index in [1.165, 1.54) is 12.5 Å². The van der Waals surface area contributed by atoms with Crippen LogP contribution in [-0.2, 0) is 26.6 Å². The standard InChI is InChI=1S/C26H37N3O5S/c1-7-12-26(13-8-2)15-20(30)22(24(31)34-26)23(25(3,4)5)18-10-9-11-19(14-18)28-35(32,33)21-16-29(6)17-27-21/h9-11,14,16-17,23,28,30H,7-8,12-13,15H2,1-6H3/t23-/m0/s1. The molecule has 0 aliphatic carbocycles. The predicted octanol–water partition coefficient (Wildman–Crippen LogP) is 5.45. The van der Waals surface area contributed by atoms with Gasteiger partial charge >= 0.3 is 5.97 Å². The molecule has 0 amide bonds. The molecule has 0 unspecified atom stereocenters. The number of hydrogen-bond acceptors (Lipinski definition) is 6. The van der Waals surface area contributed by atoms with Crippen LogP contribution in [0.1, 0.15) is 78.2 Å². The van der Waals surface area contributed by atoms with Crippen LogP contribution in [0.4, 0.5) is 5.69 Å². The van der Waals surface area contributed by atoms with E-state index in [1.807, 2.05) is 40.7 Å². The number of sulfonamides is 1. The SMILES string of the molecule is CCCC1(CCC)CC(O)=C([C@H](c2cccc(NS(=O)(=O)c3cn(C)cn3)c2)C(C)(C)C)C(=O)O1. The van der Waals surface area contributed by atoms with Crippen molar-refractivity contribution in [3.63, 3.8) is 0 Å². The second kappa shape index (κ2) is 10.0. The highest BCUT2D eigenvalue weighted by Crippen LogP contribution is 2.47. The minimum atomic E-state index is -3.88. The first-order valence-electron chi connectivity index (χ1n) is 12.1. The van der Waals surface area contributed by atoms with Crippen molar-refractivity contribution in [1.82, 2.24) is 9.55 Å². The second-order valence-corrected chi connectivity index (χ2v) is 12.1. The molecule has 192 valence electrons. The Bertz CT molecular complexity index is 1200. The van der Waals surface area contributed by atoms with E-state index in [0.717, 1.165) is 12.8 Å². The lowest BCUT2D eigenvalue weighted by Crippen LogP contribution is -2.42. The monoisotopic (exact) mass is 503 g/mol. The van der Waals surface area contributed by atoms with Gasteiger partial charge in [-0.25, -0.2) is 9.78 Å². The van der Waals surface area contributed by atoms with Crippen LogP contribution in [0.25, 0.3) is 0 Å². The number of anilines is 1. The van der Waals surface area contributed by atoms with Crippen LogP contribution < -0.4 is 4.72 Å². The van der Waals surface area contributed by atoms with E-state index in [4.69, 9.17) is 4.74 Å². The number of cyclic esters (lactones) is 1. The molecule has 2 heterocycles. The molecule has 1 atom stereocenters. The number of nitrogens with one attached hydrogen (secondary N) is 1. The number of aryl methyl sites for hydroxylation is 1. The molecule has 1 aromatic carbocycles. The molecule has 0 spiro atoms. The summed E-state index contributed by atoms with van der Waals surface area (Å²) in [6.07, 6.45) is 6.19. The summed E-state index contributed by atoms with van der Waals surface area (Å²) < 4.78 is 35.7. The van der Waals surface area contributed by atoms with Gasteiger partial charge in [-0.3, -0.25) is 4.72 Å². The van der Waals surface area contributed by atoms with Crippen LogP contribution >= 0.6 is 0 Å². The summed E-state index contributed by atoms with van der Waals surface area (Å²) in [5.41, 5.74) is 0.145. The van der Waals surface area contributed by atoms with Crippen molar-refractivity contribution in [2.24, 2.45) is 12.5 Å². The number of imidazole rings is 1. The Kier molecular flexibility index (Phi) is 7.69. The lowest BCUT2D eigenvalue weighted by molar-refractivity contribution is -0.161. The van der Waals surface area contributed by atoms with Crippen molar-refractivity contribution in [2.75, 3.05) is 4.72 Å². The fraction of sp³-hybridized carbons (Fsp3) is 0.538. The molecule has 35 heavy (non-hydrogen) atoms. The Labute approximate surface area is 208 Å². The van der Waals surface area contributed by atoms with Gasteiger partial charge in [-0.15, -0.1) is 0 Å². The number of carbonyl (C=O) groups excluding carboxylic acids is 1. The van der Waals surface area contributed by atoms with Crippen LogP contribution in [0.5, 0.6) is 0 Å². The van der Waals surface area contributed by atoms with Gasteiger partial charge in [0.05, 0.1) is 11.9 Å². The summed E-state index contributed by atoms with van der Waals surface area (Å²) >= 11 is 0. The number of esters is 1. The van der Waals surface area contributed by atoms with Crippen molar-refractivity contribution >= 4 is 21.7 Å². The first-order chi connectivity index (χ1) is 16.3. The normalized spacial score (nSPS) is 17.3. The average molecular weight is 504 g/mol. The highest BCUT2D eigenvalue weighted by Gasteiger charge is 2.45. The topological polar surface area (TPSA) is 111 Å². The van der Waals surface area contributed by atoms with Gasteiger partial charge in [-0.1, -0.05) is 59.6 Å². The van der Waals surface area contributed by atoms with Gasteiger partial charge in [0, 0.05) is 31.3 Å². The molecule has 8 nitrogen and oxygen atoms in total. The van der Waals surface area contributed by atoms with E-state index in [9.17, 15) is 18.3 Å². The maximum atomic E-state index is 13.4. The molecule has 0 bridgehead atoms. The number of ether oxygens (including phenoxy) is 1. The Hall–Kier alpha value is -2.81. The molecule has 2 aromatic rings. The molecule has 1 aromatic heterocycles. The van der Waals surface area contributed by atoms with Crippen LogP contribution in [-0.4, -0.2) is 34.6 Å². The van der Waals surface area contributed by atoms with Gasteiger partial charge in [0.1, 0.15) is 11.4 Å². The number of aromatic nitrogens is 2. The fourth-order valence-electron chi connectivity index (χ4n) is 5.02. The number of aliphatic hydroxyl groups is 1. The lowest BCUT2D eigenvalue weighted by atomic mass is 9.70. The molecule has 1 aliphatic rings. The Balaban J connectivity index is 2.02. The Morgan fingerprint density at radius 3 is 2.40 bits per heavy atom. The van der Waals surface area contributed by atoms with Gasteiger partial charge in [0.2, 0.25) is 0 Å². The summed E-state index contributed by atoms with van der Waals surface area (Å²) in [6.45, 7) is 10.0. The Morgan fingerprint density at radius 1 is 1.23 bits per heavy atom. The van der Waals surface area contributed by atoms with E-state index in [0.29, 0.717) is 24.1 Å². The highest BCUT2D eigenvalue weighted by molar-refractivity contribution is 7.92. The summed E-state index contributed by atoms with van der Waals surface area (Å²) in [5, 5.41) is 11.1. The maximum absolute atomic E-state index is 13.4. The molecule has 0 fully saturated rings. The van der Waals surface area contributed by atoms with E-state index < -0.39 is 32.9 Å². The molecule has 0 radical (unpaired) electrons. The van der Waals surface area contributed by atoms with Gasteiger partial charge in [0.15, 0.2) is 5.03 Å². The number of nitrogens with zero attached hydrogens (tertiary/aromatic N) is 2. The summed E-state index contributed by atoms with van der Waals surface area (Å²) in [7, 11) is -2.19. The summed E-state index contributed by atoms with van der Waals surface area (Å²) in [4.78, 5) is 17.3. The predicted molar refractivity (Wildman–Crippen MR) is 136 cm³/mol.